The Morgan fingerprint density at radius 3 is 2.44 bits per heavy atom. The quantitative estimate of drug-likeness (QED) is 0.224. The van der Waals surface area contributed by atoms with Crippen LogP contribution in [-0.4, -0.2) is 32.1 Å². The maximum Gasteiger partial charge on any atom is 0.189 e. The summed E-state index contributed by atoms with van der Waals surface area (Å²) in [5.41, 5.74) is 9.50. The first-order chi connectivity index (χ1) is 15.1. The Morgan fingerprint density at radius 1 is 1.00 bits per heavy atom. The zero-order valence-corrected chi connectivity index (χ0v) is 21.0. The highest BCUT2D eigenvalue weighted by Crippen LogP contribution is 2.27. The molecule has 0 amide bonds. The average molecular weight is 550 g/mol. The summed E-state index contributed by atoms with van der Waals surface area (Å²) in [6, 6.07) is 17.9. The van der Waals surface area contributed by atoms with Gasteiger partial charge < -0.3 is 24.9 Å². The van der Waals surface area contributed by atoms with Gasteiger partial charge in [-0.05, 0) is 48.0 Å². The number of ether oxygens (including phenoxy) is 2. The van der Waals surface area contributed by atoms with E-state index in [1.54, 1.807) is 20.5 Å². The van der Waals surface area contributed by atoms with Gasteiger partial charge >= 0.3 is 0 Å². The van der Waals surface area contributed by atoms with Crippen molar-refractivity contribution in [2.75, 3.05) is 21.3 Å². The zero-order valence-electron chi connectivity index (χ0n) is 18.7. The fourth-order valence-electron chi connectivity index (χ4n) is 3.30. The number of rotatable bonds is 10. The summed E-state index contributed by atoms with van der Waals surface area (Å²) in [4.78, 5) is 6.66. The SMILES string of the molecule is COc1ccc(CN=C(N)NCc2ccccc2CN(C)Cc2ccco2)cc1OC.I. The van der Waals surface area contributed by atoms with Crippen LogP contribution in [0.3, 0.4) is 0 Å². The van der Waals surface area contributed by atoms with Gasteiger partial charge in [-0.1, -0.05) is 30.3 Å². The van der Waals surface area contributed by atoms with Crippen LogP contribution in [0.15, 0.2) is 70.3 Å². The summed E-state index contributed by atoms with van der Waals surface area (Å²) in [5.74, 6) is 2.71. The summed E-state index contributed by atoms with van der Waals surface area (Å²) < 4.78 is 16.0. The van der Waals surface area contributed by atoms with Crippen LogP contribution in [0.25, 0.3) is 0 Å². The van der Waals surface area contributed by atoms with Gasteiger partial charge in [-0.15, -0.1) is 24.0 Å². The lowest BCUT2D eigenvalue weighted by molar-refractivity contribution is 0.287. The van der Waals surface area contributed by atoms with Crippen LogP contribution in [0.5, 0.6) is 11.5 Å². The van der Waals surface area contributed by atoms with E-state index in [4.69, 9.17) is 19.6 Å². The van der Waals surface area contributed by atoms with Crippen LogP contribution in [0.1, 0.15) is 22.5 Å². The third kappa shape index (κ3) is 7.45. The molecule has 1 heterocycles. The number of nitrogens with two attached hydrogens (primary N) is 1. The molecule has 1 aromatic heterocycles. The van der Waals surface area contributed by atoms with E-state index in [0.717, 1.165) is 24.4 Å². The van der Waals surface area contributed by atoms with Crippen LogP contribution >= 0.6 is 24.0 Å². The summed E-state index contributed by atoms with van der Waals surface area (Å²) in [5, 5.41) is 3.21. The summed E-state index contributed by atoms with van der Waals surface area (Å²) in [7, 11) is 5.31. The van der Waals surface area contributed by atoms with Crippen molar-refractivity contribution in [3.05, 3.63) is 83.3 Å². The molecule has 172 valence electrons. The van der Waals surface area contributed by atoms with E-state index in [1.807, 2.05) is 42.5 Å². The second-order valence-electron chi connectivity index (χ2n) is 7.26. The molecule has 8 heteroatoms. The van der Waals surface area contributed by atoms with Crippen molar-refractivity contribution >= 4 is 29.9 Å². The molecular formula is C24H31IN4O3. The molecule has 0 atom stereocenters. The monoisotopic (exact) mass is 550 g/mol. The summed E-state index contributed by atoms with van der Waals surface area (Å²) in [6.45, 7) is 2.61. The van der Waals surface area contributed by atoms with Crippen molar-refractivity contribution < 1.29 is 13.9 Å². The summed E-state index contributed by atoms with van der Waals surface area (Å²) >= 11 is 0. The summed E-state index contributed by atoms with van der Waals surface area (Å²) in [6.07, 6.45) is 1.70. The smallest absolute Gasteiger partial charge is 0.189 e. The first-order valence-electron chi connectivity index (χ1n) is 10.1. The van der Waals surface area contributed by atoms with E-state index < -0.39 is 0 Å². The molecule has 0 spiro atoms. The van der Waals surface area contributed by atoms with E-state index in [9.17, 15) is 0 Å². The number of hydrogen-bond donors (Lipinski definition) is 2. The molecular weight excluding hydrogens is 519 g/mol. The zero-order chi connectivity index (χ0) is 22.1. The fourth-order valence-corrected chi connectivity index (χ4v) is 3.30. The maximum atomic E-state index is 6.10. The van der Waals surface area contributed by atoms with Gasteiger partial charge in [0.15, 0.2) is 17.5 Å². The molecule has 3 aromatic rings. The molecule has 0 fully saturated rings. The van der Waals surface area contributed by atoms with Crippen molar-refractivity contribution in [1.82, 2.24) is 10.2 Å². The standard InChI is InChI=1S/C24H30N4O3.HI/c1-28(17-21-9-6-12-31-21)16-20-8-5-4-7-19(20)15-27-24(25)26-14-18-10-11-22(29-2)23(13-18)30-3;/h4-13H,14-17H2,1-3H3,(H3,25,26,27);1H. The second kappa shape index (κ2) is 13.0. The first-order valence-corrected chi connectivity index (χ1v) is 10.1. The Hall–Kier alpha value is -2.72. The van der Waals surface area contributed by atoms with Gasteiger partial charge in [0.2, 0.25) is 0 Å². The molecule has 0 aliphatic carbocycles. The number of benzene rings is 2. The molecule has 2 aromatic carbocycles. The number of furan rings is 1. The molecule has 32 heavy (non-hydrogen) atoms. The molecule has 0 saturated heterocycles. The number of guanidine groups is 1. The van der Waals surface area contributed by atoms with Crippen LogP contribution < -0.4 is 20.5 Å². The van der Waals surface area contributed by atoms with Gasteiger partial charge in [-0.25, -0.2) is 4.99 Å². The lowest BCUT2D eigenvalue weighted by Crippen LogP contribution is -2.31. The fraction of sp³-hybridized carbons (Fsp3) is 0.292. The Labute approximate surface area is 206 Å². The largest absolute Gasteiger partial charge is 0.493 e. The number of nitrogens with zero attached hydrogens (tertiary/aromatic N) is 2. The number of methoxy groups -OCH3 is 2. The molecule has 3 rings (SSSR count). The molecule has 0 aliphatic heterocycles. The normalized spacial score (nSPS) is 11.2. The van der Waals surface area contributed by atoms with Crippen molar-refractivity contribution in [2.24, 2.45) is 10.7 Å². The van der Waals surface area contributed by atoms with Gasteiger partial charge in [-0.3, -0.25) is 4.90 Å². The minimum Gasteiger partial charge on any atom is -0.493 e. The van der Waals surface area contributed by atoms with E-state index >= 15 is 0 Å². The Bertz CT molecular complexity index is 993. The second-order valence-corrected chi connectivity index (χ2v) is 7.26. The van der Waals surface area contributed by atoms with E-state index in [-0.39, 0.29) is 24.0 Å². The van der Waals surface area contributed by atoms with Crippen LogP contribution in [0.4, 0.5) is 0 Å². The average Bonchev–Trinajstić information content (AvgIpc) is 3.29. The third-order valence-electron chi connectivity index (χ3n) is 4.90. The van der Waals surface area contributed by atoms with Crippen molar-refractivity contribution in [1.29, 1.82) is 0 Å². The van der Waals surface area contributed by atoms with E-state index in [1.165, 1.54) is 11.1 Å². The molecule has 7 nitrogen and oxygen atoms in total. The Kier molecular flexibility index (Phi) is 10.4. The number of aliphatic imine (C=N–C) groups is 1. The number of halogens is 1. The van der Waals surface area contributed by atoms with Crippen LogP contribution in [-0.2, 0) is 26.2 Å². The third-order valence-corrected chi connectivity index (χ3v) is 4.90. The van der Waals surface area contributed by atoms with Crippen molar-refractivity contribution in [3.63, 3.8) is 0 Å². The van der Waals surface area contributed by atoms with E-state index in [2.05, 4.69) is 34.4 Å². The first kappa shape index (κ1) is 25.5. The molecule has 0 unspecified atom stereocenters. The highest BCUT2D eigenvalue weighted by molar-refractivity contribution is 14.0. The molecule has 0 saturated carbocycles. The van der Waals surface area contributed by atoms with Crippen molar-refractivity contribution in [2.45, 2.75) is 26.2 Å². The predicted octanol–water partition coefficient (Wildman–Crippen LogP) is 4.15. The molecule has 0 radical (unpaired) electrons. The molecule has 3 N–H and O–H groups in total. The number of nitrogens with one attached hydrogen (secondary N) is 1. The van der Waals surface area contributed by atoms with E-state index in [0.29, 0.717) is 30.5 Å². The van der Waals surface area contributed by atoms with Gasteiger partial charge in [0.25, 0.3) is 0 Å². The van der Waals surface area contributed by atoms with Crippen LogP contribution in [0, 0.1) is 0 Å². The van der Waals surface area contributed by atoms with Gasteiger partial charge in [0.05, 0.1) is 33.6 Å². The minimum atomic E-state index is 0. The highest BCUT2D eigenvalue weighted by atomic mass is 127. The Balaban J connectivity index is 0.00000363. The van der Waals surface area contributed by atoms with Gasteiger partial charge in [0.1, 0.15) is 5.76 Å². The van der Waals surface area contributed by atoms with Gasteiger partial charge in [-0.2, -0.15) is 0 Å². The lowest BCUT2D eigenvalue weighted by atomic mass is 10.1. The minimum absolute atomic E-state index is 0. The number of hydrogen-bond acceptors (Lipinski definition) is 5. The lowest BCUT2D eigenvalue weighted by Gasteiger charge is -2.18. The van der Waals surface area contributed by atoms with Crippen LogP contribution in [0.2, 0.25) is 0 Å². The molecule has 0 bridgehead atoms. The molecule has 0 aliphatic rings. The van der Waals surface area contributed by atoms with Gasteiger partial charge in [0, 0.05) is 13.1 Å². The topological polar surface area (TPSA) is 85.3 Å². The van der Waals surface area contributed by atoms with Crippen molar-refractivity contribution in [3.8, 4) is 11.5 Å². The predicted molar refractivity (Wildman–Crippen MR) is 137 cm³/mol. The maximum absolute atomic E-state index is 6.10. The Morgan fingerprint density at radius 2 is 1.75 bits per heavy atom. The highest BCUT2D eigenvalue weighted by Gasteiger charge is 2.08.